The zero-order valence-corrected chi connectivity index (χ0v) is 18.7. The number of nitrogens with one attached hydrogen (secondary N) is 2. The summed E-state index contributed by atoms with van der Waals surface area (Å²) in [5.74, 6) is -0.678. The van der Waals surface area contributed by atoms with E-state index in [1.165, 1.54) is 0 Å². The first-order valence-electron chi connectivity index (χ1n) is 11.2. The Morgan fingerprint density at radius 1 is 1.03 bits per heavy atom. The predicted molar refractivity (Wildman–Crippen MR) is 123 cm³/mol. The third kappa shape index (κ3) is 5.05. The molecule has 2 saturated heterocycles. The van der Waals surface area contributed by atoms with Crippen LogP contribution in [-0.4, -0.2) is 47.3 Å². The molecule has 0 radical (unpaired) electrons. The Kier molecular flexibility index (Phi) is 6.44. The Balaban J connectivity index is 1.28. The third-order valence-corrected chi connectivity index (χ3v) is 6.21. The molecule has 0 bridgehead atoms. The second-order valence-corrected chi connectivity index (χ2v) is 8.73. The molecule has 2 aliphatic heterocycles. The van der Waals surface area contributed by atoms with Crippen molar-refractivity contribution in [2.24, 2.45) is 0 Å². The van der Waals surface area contributed by atoms with Crippen molar-refractivity contribution in [1.29, 1.82) is 0 Å². The Hall–Kier alpha value is -3.68. The standard InChI is InChI=1S/C25H28N4O4/c1-25(14-13-18-6-3-2-4-7-18)23(32)29(24(33)27-25)17-21(30)26-16-19-9-11-20(12-10-19)28-15-5-8-22(28)31/h2-4,6-7,9-12H,5,8,13-17H2,1H3,(H,26,30)(H,27,33). The van der Waals surface area contributed by atoms with Crippen molar-refractivity contribution in [1.82, 2.24) is 15.5 Å². The first-order chi connectivity index (χ1) is 15.9. The smallest absolute Gasteiger partial charge is 0.325 e. The molecule has 2 aliphatic rings. The molecule has 0 aromatic heterocycles. The van der Waals surface area contributed by atoms with Crippen LogP contribution in [0, 0.1) is 0 Å². The van der Waals surface area contributed by atoms with Crippen LogP contribution in [0.2, 0.25) is 0 Å². The van der Waals surface area contributed by atoms with Crippen molar-refractivity contribution in [2.45, 2.75) is 44.7 Å². The fraction of sp³-hybridized carbons (Fsp3) is 0.360. The molecule has 33 heavy (non-hydrogen) atoms. The number of amides is 5. The average molecular weight is 449 g/mol. The Morgan fingerprint density at radius 3 is 2.42 bits per heavy atom. The predicted octanol–water partition coefficient (Wildman–Crippen LogP) is 2.37. The van der Waals surface area contributed by atoms with E-state index in [-0.39, 0.29) is 19.0 Å². The summed E-state index contributed by atoms with van der Waals surface area (Å²) in [6, 6.07) is 16.6. The molecule has 2 N–H and O–H groups in total. The SMILES string of the molecule is CC1(CCc2ccccc2)NC(=O)N(CC(=O)NCc2ccc(N3CCCC3=O)cc2)C1=O. The summed E-state index contributed by atoms with van der Waals surface area (Å²) >= 11 is 0. The molecule has 8 heteroatoms. The molecule has 4 rings (SSSR count). The van der Waals surface area contributed by atoms with Gasteiger partial charge in [-0.15, -0.1) is 0 Å². The first-order valence-corrected chi connectivity index (χ1v) is 11.2. The van der Waals surface area contributed by atoms with Crippen LogP contribution in [0.4, 0.5) is 10.5 Å². The number of carbonyl (C=O) groups is 4. The van der Waals surface area contributed by atoms with E-state index in [4.69, 9.17) is 0 Å². The van der Waals surface area contributed by atoms with Crippen LogP contribution in [0.1, 0.15) is 37.3 Å². The number of imide groups is 1. The van der Waals surface area contributed by atoms with Gasteiger partial charge in [0.15, 0.2) is 0 Å². The molecule has 1 unspecified atom stereocenters. The van der Waals surface area contributed by atoms with Crippen LogP contribution in [-0.2, 0) is 27.3 Å². The average Bonchev–Trinajstić information content (AvgIpc) is 3.34. The van der Waals surface area contributed by atoms with Crippen molar-refractivity contribution < 1.29 is 19.2 Å². The van der Waals surface area contributed by atoms with Gasteiger partial charge in [-0.05, 0) is 49.4 Å². The Bertz CT molecular complexity index is 1050. The lowest BCUT2D eigenvalue weighted by molar-refractivity contribution is -0.134. The van der Waals surface area contributed by atoms with Crippen LogP contribution in [0.25, 0.3) is 0 Å². The maximum atomic E-state index is 12.9. The third-order valence-electron chi connectivity index (χ3n) is 6.21. The number of anilines is 1. The summed E-state index contributed by atoms with van der Waals surface area (Å²) < 4.78 is 0. The van der Waals surface area contributed by atoms with Gasteiger partial charge in [-0.2, -0.15) is 0 Å². The Morgan fingerprint density at radius 2 is 1.76 bits per heavy atom. The summed E-state index contributed by atoms with van der Waals surface area (Å²) in [5.41, 5.74) is 1.76. The number of carbonyl (C=O) groups excluding carboxylic acids is 4. The van der Waals surface area contributed by atoms with Crippen molar-refractivity contribution in [2.75, 3.05) is 18.0 Å². The van der Waals surface area contributed by atoms with Crippen LogP contribution in [0.3, 0.4) is 0 Å². The molecule has 172 valence electrons. The fourth-order valence-electron chi connectivity index (χ4n) is 4.21. The van der Waals surface area contributed by atoms with Crippen LogP contribution < -0.4 is 15.5 Å². The van der Waals surface area contributed by atoms with E-state index in [9.17, 15) is 19.2 Å². The van der Waals surface area contributed by atoms with Crippen LogP contribution >= 0.6 is 0 Å². The molecule has 0 aliphatic carbocycles. The number of aryl methyl sites for hydroxylation is 1. The maximum absolute atomic E-state index is 12.9. The summed E-state index contributed by atoms with van der Waals surface area (Å²) in [5, 5.41) is 5.50. The molecular weight excluding hydrogens is 420 g/mol. The molecule has 2 aromatic carbocycles. The van der Waals surface area contributed by atoms with Crippen LogP contribution in [0.5, 0.6) is 0 Å². The summed E-state index contributed by atoms with van der Waals surface area (Å²) in [4.78, 5) is 52.3. The highest BCUT2D eigenvalue weighted by molar-refractivity contribution is 6.08. The second-order valence-electron chi connectivity index (χ2n) is 8.73. The fourth-order valence-corrected chi connectivity index (χ4v) is 4.21. The molecule has 1 atom stereocenters. The van der Waals surface area contributed by atoms with E-state index in [1.807, 2.05) is 54.6 Å². The van der Waals surface area contributed by atoms with Gasteiger partial charge in [0.2, 0.25) is 11.8 Å². The highest BCUT2D eigenvalue weighted by Crippen LogP contribution is 2.24. The minimum Gasteiger partial charge on any atom is -0.350 e. The van der Waals surface area contributed by atoms with Gasteiger partial charge >= 0.3 is 6.03 Å². The minimum atomic E-state index is -1.03. The highest BCUT2D eigenvalue weighted by Gasteiger charge is 2.47. The monoisotopic (exact) mass is 448 g/mol. The molecule has 0 saturated carbocycles. The number of urea groups is 1. The number of hydrogen-bond donors (Lipinski definition) is 2. The van der Waals surface area contributed by atoms with Gasteiger partial charge in [0.05, 0.1) is 0 Å². The molecule has 2 fully saturated rings. The Labute approximate surface area is 192 Å². The highest BCUT2D eigenvalue weighted by atomic mass is 16.2. The summed E-state index contributed by atoms with van der Waals surface area (Å²) in [7, 11) is 0. The molecule has 2 heterocycles. The number of benzene rings is 2. The van der Waals surface area contributed by atoms with E-state index in [0.29, 0.717) is 19.3 Å². The van der Waals surface area contributed by atoms with Crippen molar-refractivity contribution in [3.63, 3.8) is 0 Å². The largest absolute Gasteiger partial charge is 0.350 e. The van der Waals surface area contributed by atoms with Gasteiger partial charge in [-0.1, -0.05) is 42.5 Å². The summed E-state index contributed by atoms with van der Waals surface area (Å²) in [6.45, 7) is 2.36. The molecule has 0 spiro atoms. The minimum absolute atomic E-state index is 0.125. The quantitative estimate of drug-likeness (QED) is 0.606. The number of rotatable bonds is 8. The lowest BCUT2D eigenvalue weighted by Gasteiger charge is -2.21. The topological polar surface area (TPSA) is 98.8 Å². The van der Waals surface area contributed by atoms with E-state index >= 15 is 0 Å². The van der Waals surface area contributed by atoms with Crippen molar-refractivity contribution >= 4 is 29.4 Å². The van der Waals surface area contributed by atoms with Gasteiger partial charge in [0.1, 0.15) is 12.1 Å². The van der Waals surface area contributed by atoms with Crippen molar-refractivity contribution in [3.05, 3.63) is 65.7 Å². The lowest BCUT2D eigenvalue weighted by Crippen LogP contribution is -2.45. The number of nitrogens with zero attached hydrogens (tertiary/aromatic N) is 2. The van der Waals surface area contributed by atoms with Gasteiger partial charge in [0, 0.05) is 25.2 Å². The first kappa shape index (κ1) is 22.5. The van der Waals surface area contributed by atoms with E-state index in [0.717, 1.165) is 34.7 Å². The number of hydrogen-bond acceptors (Lipinski definition) is 4. The van der Waals surface area contributed by atoms with E-state index in [2.05, 4.69) is 10.6 Å². The van der Waals surface area contributed by atoms with Gasteiger partial charge in [-0.25, -0.2) is 4.79 Å². The van der Waals surface area contributed by atoms with Crippen molar-refractivity contribution in [3.8, 4) is 0 Å². The lowest BCUT2D eigenvalue weighted by atomic mass is 9.93. The molecular formula is C25H28N4O4. The van der Waals surface area contributed by atoms with Gasteiger partial charge in [0.25, 0.3) is 5.91 Å². The normalized spacial score (nSPS) is 20.3. The second kappa shape index (κ2) is 9.44. The van der Waals surface area contributed by atoms with E-state index in [1.54, 1.807) is 11.8 Å². The zero-order valence-electron chi connectivity index (χ0n) is 18.7. The van der Waals surface area contributed by atoms with Crippen LogP contribution in [0.15, 0.2) is 54.6 Å². The summed E-state index contributed by atoms with van der Waals surface area (Å²) in [6.07, 6.45) is 2.53. The zero-order chi connectivity index (χ0) is 23.4. The maximum Gasteiger partial charge on any atom is 0.325 e. The van der Waals surface area contributed by atoms with Gasteiger partial charge in [-0.3, -0.25) is 19.3 Å². The molecule has 8 nitrogen and oxygen atoms in total. The molecule has 2 aromatic rings. The molecule has 5 amide bonds. The van der Waals surface area contributed by atoms with Gasteiger partial charge < -0.3 is 15.5 Å². The van der Waals surface area contributed by atoms with E-state index < -0.39 is 23.4 Å².